The van der Waals surface area contributed by atoms with Crippen molar-refractivity contribution in [1.29, 1.82) is 0 Å². The van der Waals surface area contributed by atoms with E-state index in [0.717, 1.165) is 28.9 Å². The third-order valence-corrected chi connectivity index (χ3v) is 19.5. The summed E-state index contributed by atoms with van der Waals surface area (Å²) in [6.45, 7) is 14.0. The molecular formula is C77H69BN4. The molecule has 0 N–H and O–H groups in total. The monoisotopic (exact) mass is 1060 g/mol. The SMILES string of the molecule is CC(C)(C)c1ccc2c(c1)c1cc(C(C)(C)C)ccc1n2-c1cc2c3c(c1)N(c1ccc(-c4ccccc4)cc1)c1cc(N4C5CC6CC(C5)CC4C6)ccc1B3c1cc(-c3ccccc3)ccc1N2c1ccc(-c2ccccc2)cc1. The van der Waals surface area contributed by atoms with Gasteiger partial charge in [-0.15, -0.1) is 0 Å². The molecule has 10 aromatic carbocycles. The second kappa shape index (κ2) is 18.5. The predicted molar refractivity (Wildman–Crippen MR) is 349 cm³/mol. The van der Waals surface area contributed by atoms with Crippen molar-refractivity contribution < 1.29 is 0 Å². The normalized spacial score (nSPS) is 18.8. The lowest BCUT2D eigenvalue weighted by Gasteiger charge is -2.57. The Kier molecular flexibility index (Phi) is 11.1. The molecule has 11 aromatic rings. The standard InChI is InChI=1S/C77H69BN4/c1-76(2,3)57-27-36-69-65(44-57)66-45-58(77(4,5)6)28-37-70(66)82(69)64-47-73-75-74(48-64)81(60-31-24-55(25-32-60)52-18-12-8-13-19-52)72-46-61(79-62-39-49-38-50(41-62)42-63(79)40-49)33-34-67(72)78(75)68-43-56(53-20-14-9-15-21-53)26-35-71(68)80(73)59-29-22-54(23-30-59)51-16-10-7-11-17-51/h7-37,43-50,62-63H,38-42H2,1-6H3. The third-order valence-electron chi connectivity index (χ3n) is 19.5. The number of rotatable bonds is 7. The summed E-state index contributed by atoms with van der Waals surface area (Å²) < 4.78 is 2.59. The Bertz CT molecular complexity index is 4200. The van der Waals surface area contributed by atoms with E-state index in [1.807, 2.05) is 0 Å². The van der Waals surface area contributed by atoms with E-state index < -0.39 is 0 Å². The summed E-state index contributed by atoms with van der Waals surface area (Å²) in [6, 6.07) is 87.2. The number of piperidine rings is 2. The van der Waals surface area contributed by atoms with Crippen molar-refractivity contribution in [3.8, 4) is 39.1 Å². The van der Waals surface area contributed by atoms with Gasteiger partial charge in [0.2, 0.25) is 0 Å². The quantitative estimate of drug-likeness (QED) is 0.148. The average molecular weight is 1060 g/mol. The summed E-state index contributed by atoms with van der Waals surface area (Å²) in [4.78, 5) is 8.15. The van der Waals surface area contributed by atoms with Crippen LogP contribution in [0.4, 0.5) is 39.8 Å². The van der Waals surface area contributed by atoms with Crippen molar-refractivity contribution in [3.63, 3.8) is 0 Å². The maximum absolute atomic E-state index is 2.89. The van der Waals surface area contributed by atoms with Crippen LogP contribution < -0.4 is 31.1 Å². The first-order chi connectivity index (χ1) is 39.9. The molecule has 4 bridgehead atoms. The number of hydrogen-bond acceptors (Lipinski definition) is 3. The van der Waals surface area contributed by atoms with Gasteiger partial charge >= 0.3 is 0 Å². The molecule has 2 saturated heterocycles. The second-order valence-electron chi connectivity index (χ2n) is 26.6. The summed E-state index contributed by atoms with van der Waals surface area (Å²) in [6.07, 6.45) is 6.70. The van der Waals surface area contributed by atoms with Gasteiger partial charge in [-0.1, -0.05) is 187 Å². The number of anilines is 7. The molecule has 4 nitrogen and oxygen atoms in total. The number of benzene rings is 10. The average Bonchev–Trinajstić information content (AvgIpc) is 2.62. The number of aromatic nitrogens is 1. The summed E-state index contributed by atoms with van der Waals surface area (Å²) in [5, 5.41) is 2.58. The fourth-order valence-electron chi connectivity index (χ4n) is 15.7. The van der Waals surface area contributed by atoms with Crippen LogP contribution in [-0.2, 0) is 10.8 Å². The molecule has 0 unspecified atom stereocenters. The fraction of sp³-hybridized carbons (Fsp3) is 0.221. The Morgan fingerprint density at radius 2 is 0.768 bits per heavy atom. The topological polar surface area (TPSA) is 14.7 Å². The molecule has 0 atom stereocenters. The summed E-state index contributed by atoms with van der Waals surface area (Å²) in [5.41, 5.74) is 26.1. The van der Waals surface area contributed by atoms with Crippen LogP contribution in [-0.4, -0.2) is 23.4 Å². The molecule has 2 aliphatic carbocycles. The van der Waals surface area contributed by atoms with E-state index in [2.05, 4.69) is 285 Å². The lowest BCUT2D eigenvalue weighted by molar-refractivity contribution is 0.0900. The van der Waals surface area contributed by atoms with Gasteiger partial charge in [-0.2, -0.15) is 0 Å². The van der Waals surface area contributed by atoms with E-state index in [4.69, 9.17) is 0 Å². The van der Waals surface area contributed by atoms with Crippen LogP contribution in [0.25, 0.3) is 60.9 Å². The summed E-state index contributed by atoms with van der Waals surface area (Å²) in [5.74, 6) is 1.74. The highest BCUT2D eigenvalue weighted by Gasteiger charge is 2.49. The maximum atomic E-state index is 2.89. The van der Waals surface area contributed by atoms with Gasteiger partial charge in [0.05, 0.1) is 16.7 Å². The summed E-state index contributed by atoms with van der Waals surface area (Å²) >= 11 is 0. The Hall–Kier alpha value is -8.54. The molecule has 0 radical (unpaired) electrons. The van der Waals surface area contributed by atoms with Crippen LogP contribution in [0.2, 0.25) is 0 Å². The van der Waals surface area contributed by atoms with Crippen molar-refractivity contribution >= 4 is 84.7 Å². The molecule has 4 aliphatic heterocycles. The molecule has 4 fully saturated rings. The minimum atomic E-state index is -0.0585. The smallest absolute Gasteiger partial charge is 0.252 e. The van der Waals surface area contributed by atoms with Crippen LogP contribution in [0.15, 0.2) is 224 Å². The first kappa shape index (κ1) is 49.3. The Balaban J connectivity index is 1.00. The van der Waals surface area contributed by atoms with Crippen LogP contribution in [0.5, 0.6) is 0 Å². The molecule has 5 heterocycles. The van der Waals surface area contributed by atoms with Crippen LogP contribution in [0, 0.1) is 11.8 Å². The molecule has 400 valence electrons. The van der Waals surface area contributed by atoms with Crippen LogP contribution >= 0.6 is 0 Å². The van der Waals surface area contributed by atoms with Gasteiger partial charge in [-0.25, -0.2) is 0 Å². The molecular weight excluding hydrogens is 992 g/mol. The zero-order valence-corrected chi connectivity index (χ0v) is 48.1. The molecule has 0 spiro atoms. The minimum absolute atomic E-state index is 0.0182. The van der Waals surface area contributed by atoms with Gasteiger partial charge in [-0.05, 0) is 195 Å². The third kappa shape index (κ3) is 7.94. The maximum Gasteiger partial charge on any atom is 0.252 e. The molecule has 0 amide bonds. The lowest BCUT2D eigenvalue weighted by Crippen LogP contribution is -2.61. The van der Waals surface area contributed by atoms with Crippen molar-refractivity contribution in [1.82, 2.24) is 4.57 Å². The van der Waals surface area contributed by atoms with Crippen molar-refractivity contribution in [2.24, 2.45) is 11.8 Å². The Labute approximate surface area is 484 Å². The predicted octanol–water partition coefficient (Wildman–Crippen LogP) is 18.2. The number of fused-ring (bicyclic) bond motifs is 7. The number of hydrogen-bond donors (Lipinski definition) is 0. The lowest BCUT2D eigenvalue weighted by atomic mass is 9.33. The van der Waals surface area contributed by atoms with E-state index in [0.29, 0.717) is 12.1 Å². The van der Waals surface area contributed by atoms with Gasteiger partial charge in [-0.3, -0.25) is 0 Å². The van der Waals surface area contributed by atoms with Gasteiger partial charge in [0.15, 0.2) is 0 Å². The van der Waals surface area contributed by atoms with E-state index >= 15 is 0 Å². The molecule has 6 aliphatic rings. The highest BCUT2D eigenvalue weighted by atomic mass is 15.2. The molecule has 1 aromatic heterocycles. The van der Waals surface area contributed by atoms with Crippen molar-refractivity contribution in [2.45, 2.75) is 96.6 Å². The number of nitrogens with zero attached hydrogens (tertiary/aromatic N) is 4. The summed E-state index contributed by atoms with van der Waals surface area (Å²) in [7, 11) is 0. The fourth-order valence-corrected chi connectivity index (χ4v) is 15.7. The van der Waals surface area contributed by atoms with Crippen molar-refractivity contribution in [3.05, 3.63) is 236 Å². The largest absolute Gasteiger partial charge is 0.365 e. The first-order valence-electron chi connectivity index (χ1n) is 30.2. The molecule has 17 rings (SSSR count). The van der Waals surface area contributed by atoms with E-state index in [1.54, 1.807) is 0 Å². The molecule has 2 saturated carbocycles. The Morgan fingerprint density at radius 3 is 1.26 bits per heavy atom. The van der Waals surface area contributed by atoms with Gasteiger partial charge in [0, 0.05) is 62.7 Å². The van der Waals surface area contributed by atoms with Gasteiger partial charge in [0.1, 0.15) is 0 Å². The molecule has 5 heteroatoms. The Morgan fingerprint density at radius 1 is 0.341 bits per heavy atom. The van der Waals surface area contributed by atoms with E-state index in [1.165, 1.54) is 143 Å². The zero-order valence-electron chi connectivity index (χ0n) is 48.1. The minimum Gasteiger partial charge on any atom is -0.365 e. The van der Waals surface area contributed by atoms with Gasteiger partial charge < -0.3 is 19.3 Å². The molecule has 82 heavy (non-hydrogen) atoms. The van der Waals surface area contributed by atoms with Crippen LogP contribution in [0.1, 0.15) is 84.8 Å². The van der Waals surface area contributed by atoms with E-state index in [9.17, 15) is 0 Å². The van der Waals surface area contributed by atoms with Crippen LogP contribution in [0.3, 0.4) is 0 Å². The first-order valence-corrected chi connectivity index (χ1v) is 30.2. The second-order valence-corrected chi connectivity index (χ2v) is 26.6. The van der Waals surface area contributed by atoms with Crippen molar-refractivity contribution in [2.75, 3.05) is 14.7 Å². The highest BCUT2D eigenvalue weighted by molar-refractivity contribution is 7.00. The van der Waals surface area contributed by atoms with E-state index in [-0.39, 0.29) is 17.5 Å². The highest BCUT2D eigenvalue weighted by Crippen LogP contribution is 2.53. The van der Waals surface area contributed by atoms with Gasteiger partial charge in [0.25, 0.3) is 6.71 Å². The zero-order chi connectivity index (χ0) is 55.2.